The van der Waals surface area contributed by atoms with Crippen molar-refractivity contribution >= 4 is 23.4 Å². The van der Waals surface area contributed by atoms with Gasteiger partial charge in [-0.25, -0.2) is 26.3 Å². The zero-order valence-electron chi connectivity index (χ0n) is 11.9. The number of nitrogens with zero attached hydrogens (tertiary/aromatic N) is 2. The number of ketones is 2. The number of hydrogen-bond donors (Lipinski definition) is 0. The third-order valence-electron chi connectivity index (χ3n) is 3.27. The van der Waals surface area contributed by atoms with E-state index in [1.165, 1.54) is 0 Å². The molecule has 12 heteroatoms. The van der Waals surface area contributed by atoms with Crippen LogP contribution in [0.3, 0.4) is 0 Å². The minimum atomic E-state index is -3.67. The Morgan fingerprint density at radius 1 is 0.583 bits per heavy atom. The maximum Gasteiger partial charge on any atom is 0.299 e. The highest BCUT2D eigenvalue weighted by Crippen LogP contribution is 2.13. The summed E-state index contributed by atoms with van der Waals surface area (Å²) in [6.45, 7) is -1.73. The first-order valence-corrected chi connectivity index (χ1v) is 6.57. The predicted molar refractivity (Wildman–Crippen MR) is 65.0 cm³/mol. The lowest BCUT2D eigenvalue weighted by atomic mass is 10.2. The summed E-state index contributed by atoms with van der Waals surface area (Å²) in [5, 5.41) is 0. The number of carbonyl (C=O) groups excluding carboxylic acids is 4. The van der Waals surface area contributed by atoms with Crippen LogP contribution in [0.2, 0.25) is 0 Å². The molecule has 0 saturated carbocycles. The van der Waals surface area contributed by atoms with E-state index < -0.39 is 74.8 Å². The minimum absolute atomic E-state index is 0.433. The van der Waals surface area contributed by atoms with E-state index in [9.17, 15) is 45.5 Å². The van der Waals surface area contributed by atoms with Crippen molar-refractivity contribution in [3.05, 3.63) is 0 Å². The van der Waals surface area contributed by atoms with Crippen LogP contribution in [-0.4, -0.2) is 84.6 Å². The fourth-order valence-electron chi connectivity index (χ4n) is 1.93. The Balaban J connectivity index is 2.60. The molecule has 2 atom stereocenters. The molecule has 24 heavy (non-hydrogen) atoms. The standard InChI is InChI=1S/C12H12F6N2O4/c13-5(7(21)9(15)16)11(23)19-1-2-20(4-3-19)12(24)6(14)8(22)10(17)18/h5-6,9-10H,1-4H2. The fourth-order valence-corrected chi connectivity index (χ4v) is 1.93. The minimum Gasteiger partial charge on any atom is -0.336 e. The highest BCUT2D eigenvalue weighted by atomic mass is 19.3. The number of halogens is 6. The largest absolute Gasteiger partial charge is 0.336 e. The van der Waals surface area contributed by atoms with Gasteiger partial charge in [0.25, 0.3) is 24.7 Å². The zero-order valence-corrected chi connectivity index (χ0v) is 11.9. The second kappa shape index (κ2) is 8.11. The van der Waals surface area contributed by atoms with Gasteiger partial charge >= 0.3 is 0 Å². The molecule has 136 valence electrons. The Morgan fingerprint density at radius 3 is 1.04 bits per heavy atom. The molecule has 0 spiro atoms. The zero-order chi connectivity index (χ0) is 18.6. The summed E-state index contributed by atoms with van der Waals surface area (Å²) in [6, 6.07) is 0. The molecule has 2 amide bonds. The average Bonchev–Trinajstić information content (AvgIpc) is 2.57. The average molecular weight is 362 g/mol. The summed E-state index contributed by atoms with van der Waals surface area (Å²) in [4.78, 5) is 45.8. The van der Waals surface area contributed by atoms with Crippen molar-refractivity contribution in [1.82, 2.24) is 9.80 Å². The lowest BCUT2D eigenvalue weighted by Crippen LogP contribution is -2.55. The van der Waals surface area contributed by atoms with Crippen LogP contribution in [-0.2, 0) is 19.2 Å². The third-order valence-corrected chi connectivity index (χ3v) is 3.27. The van der Waals surface area contributed by atoms with Gasteiger partial charge in [-0.2, -0.15) is 0 Å². The summed E-state index contributed by atoms with van der Waals surface area (Å²) in [5.41, 5.74) is 0. The number of amides is 2. The maximum absolute atomic E-state index is 13.3. The molecule has 1 fully saturated rings. The molecule has 1 aliphatic heterocycles. The molecule has 2 unspecified atom stereocenters. The number of alkyl halides is 6. The van der Waals surface area contributed by atoms with Crippen LogP contribution in [0.15, 0.2) is 0 Å². The van der Waals surface area contributed by atoms with Crippen molar-refractivity contribution in [1.29, 1.82) is 0 Å². The molecular formula is C12H12F6N2O4. The van der Waals surface area contributed by atoms with E-state index in [0.717, 1.165) is 0 Å². The van der Waals surface area contributed by atoms with Crippen LogP contribution in [0.4, 0.5) is 26.3 Å². The molecule has 6 nitrogen and oxygen atoms in total. The Morgan fingerprint density at radius 2 is 0.833 bits per heavy atom. The van der Waals surface area contributed by atoms with Gasteiger partial charge in [0, 0.05) is 26.2 Å². The van der Waals surface area contributed by atoms with E-state index in [1.54, 1.807) is 0 Å². The number of hydrogen-bond acceptors (Lipinski definition) is 4. The van der Waals surface area contributed by atoms with E-state index in [-0.39, 0.29) is 0 Å². The van der Waals surface area contributed by atoms with Gasteiger partial charge in [-0.15, -0.1) is 0 Å². The van der Waals surface area contributed by atoms with Crippen LogP contribution in [0, 0.1) is 0 Å². The topological polar surface area (TPSA) is 74.8 Å². The highest BCUT2D eigenvalue weighted by Gasteiger charge is 2.39. The van der Waals surface area contributed by atoms with Crippen LogP contribution in [0.25, 0.3) is 0 Å². The molecular weight excluding hydrogens is 350 g/mol. The quantitative estimate of drug-likeness (QED) is 0.493. The normalized spacial score (nSPS) is 17.8. The second-order valence-electron chi connectivity index (χ2n) is 4.78. The molecule has 1 heterocycles. The lowest BCUT2D eigenvalue weighted by molar-refractivity contribution is -0.153. The predicted octanol–water partition coefficient (Wildman–Crippen LogP) is 0.00180. The van der Waals surface area contributed by atoms with E-state index in [0.29, 0.717) is 9.80 Å². The number of carbonyl (C=O) groups is 4. The molecule has 0 aliphatic carbocycles. The van der Waals surface area contributed by atoms with Crippen molar-refractivity contribution in [3.8, 4) is 0 Å². The van der Waals surface area contributed by atoms with Crippen molar-refractivity contribution in [3.63, 3.8) is 0 Å². The maximum atomic E-state index is 13.3. The van der Waals surface area contributed by atoms with Gasteiger partial charge in [0.1, 0.15) is 0 Å². The fraction of sp³-hybridized carbons (Fsp3) is 0.667. The van der Waals surface area contributed by atoms with Gasteiger partial charge in [-0.05, 0) is 0 Å². The van der Waals surface area contributed by atoms with E-state index in [2.05, 4.69) is 0 Å². The molecule has 0 bridgehead atoms. The molecule has 0 aromatic heterocycles. The van der Waals surface area contributed by atoms with Crippen molar-refractivity contribution in [2.45, 2.75) is 25.2 Å². The first-order chi connectivity index (χ1) is 11.1. The van der Waals surface area contributed by atoms with Gasteiger partial charge in [0.15, 0.2) is 0 Å². The van der Waals surface area contributed by atoms with E-state index >= 15 is 0 Å². The van der Waals surface area contributed by atoms with Gasteiger partial charge < -0.3 is 9.80 Å². The third kappa shape index (κ3) is 4.45. The van der Waals surface area contributed by atoms with Crippen LogP contribution >= 0.6 is 0 Å². The monoisotopic (exact) mass is 362 g/mol. The van der Waals surface area contributed by atoms with Crippen molar-refractivity contribution < 1.29 is 45.5 Å². The molecule has 0 radical (unpaired) electrons. The number of piperazine rings is 1. The van der Waals surface area contributed by atoms with Gasteiger partial charge in [0.2, 0.25) is 23.9 Å². The number of rotatable bonds is 6. The van der Waals surface area contributed by atoms with Crippen LogP contribution in [0.1, 0.15) is 0 Å². The first kappa shape index (κ1) is 19.9. The summed E-state index contributed by atoms with van der Waals surface area (Å²) < 4.78 is 74.9. The second-order valence-corrected chi connectivity index (χ2v) is 4.78. The molecule has 1 aliphatic rings. The Labute approximate surface area is 131 Å². The SMILES string of the molecule is O=C(C(F)F)C(F)C(=O)N1CCN(C(=O)C(F)C(=O)C(F)F)CC1. The van der Waals surface area contributed by atoms with Gasteiger partial charge in [0.05, 0.1) is 0 Å². The number of Topliss-reactive ketones (excluding diaryl/α,β-unsaturated/α-hetero) is 2. The van der Waals surface area contributed by atoms with Crippen LogP contribution < -0.4 is 0 Å². The lowest BCUT2D eigenvalue weighted by Gasteiger charge is -2.35. The Kier molecular flexibility index (Phi) is 6.72. The smallest absolute Gasteiger partial charge is 0.299 e. The molecule has 0 aromatic carbocycles. The van der Waals surface area contributed by atoms with E-state index in [4.69, 9.17) is 0 Å². The first-order valence-electron chi connectivity index (χ1n) is 6.57. The highest BCUT2D eigenvalue weighted by molar-refractivity contribution is 6.06. The van der Waals surface area contributed by atoms with Gasteiger partial charge in [-0.3, -0.25) is 19.2 Å². The molecule has 0 aromatic rings. The summed E-state index contributed by atoms with van der Waals surface area (Å²) in [6.07, 6.45) is -13.5. The molecule has 1 saturated heterocycles. The summed E-state index contributed by atoms with van der Waals surface area (Å²) in [5.74, 6) is -7.48. The summed E-state index contributed by atoms with van der Waals surface area (Å²) in [7, 11) is 0. The summed E-state index contributed by atoms with van der Waals surface area (Å²) >= 11 is 0. The Bertz CT molecular complexity index is 476. The van der Waals surface area contributed by atoms with Crippen LogP contribution in [0.5, 0.6) is 0 Å². The van der Waals surface area contributed by atoms with E-state index in [1.807, 2.05) is 0 Å². The van der Waals surface area contributed by atoms with Crippen molar-refractivity contribution in [2.24, 2.45) is 0 Å². The Hall–Kier alpha value is -2.14. The van der Waals surface area contributed by atoms with Crippen molar-refractivity contribution in [2.75, 3.05) is 26.2 Å². The van der Waals surface area contributed by atoms with Gasteiger partial charge in [-0.1, -0.05) is 0 Å². The molecule has 1 rings (SSSR count). The molecule has 0 N–H and O–H groups in total.